The summed E-state index contributed by atoms with van der Waals surface area (Å²) in [6.07, 6.45) is 3.00. The van der Waals surface area contributed by atoms with Gasteiger partial charge in [-0.15, -0.1) is 0 Å². The van der Waals surface area contributed by atoms with Gasteiger partial charge < -0.3 is 11.5 Å². The third-order valence-corrected chi connectivity index (χ3v) is 2.05. The number of rotatable bonds is 4. The molecule has 9 heavy (non-hydrogen) atoms. The van der Waals surface area contributed by atoms with Crippen molar-refractivity contribution in [3.05, 3.63) is 0 Å². The maximum absolute atomic E-state index is 5.93. The van der Waals surface area contributed by atoms with E-state index in [4.69, 9.17) is 11.5 Å². The molecule has 56 valence electrons. The van der Waals surface area contributed by atoms with Gasteiger partial charge >= 0.3 is 0 Å². The average Bonchev–Trinajstić information content (AvgIpc) is 1.89. The predicted octanol–water partition coefficient (Wildman–Crippen LogP) is 0.853. The zero-order valence-electron chi connectivity index (χ0n) is 6.48. The van der Waals surface area contributed by atoms with Gasteiger partial charge in [-0.1, -0.05) is 13.8 Å². The van der Waals surface area contributed by atoms with Gasteiger partial charge in [0.1, 0.15) is 0 Å². The molecular weight excluding hydrogens is 112 g/mol. The molecule has 0 heterocycles. The number of hydrogen-bond acceptors (Lipinski definition) is 2. The first-order chi connectivity index (χ1) is 4.18. The third kappa shape index (κ3) is 2.82. The monoisotopic (exact) mass is 130 g/mol. The number of hydrogen-bond donors (Lipinski definition) is 2. The van der Waals surface area contributed by atoms with E-state index in [9.17, 15) is 0 Å². The summed E-state index contributed by atoms with van der Waals surface area (Å²) in [6, 6.07) is 0. The number of nitrogens with two attached hydrogens (primary N) is 2. The molecule has 0 rings (SSSR count). The maximum atomic E-state index is 5.93. The topological polar surface area (TPSA) is 52.0 Å². The van der Waals surface area contributed by atoms with Crippen molar-refractivity contribution in [1.29, 1.82) is 0 Å². The Bertz CT molecular complexity index is 67.3. The SMILES string of the molecule is CCC(N)(CC)CCN. The van der Waals surface area contributed by atoms with Gasteiger partial charge in [0.2, 0.25) is 0 Å². The van der Waals surface area contributed by atoms with Crippen LogP contribution in [0.3, 0.4) is 0 Å². The van der Waals surface area contributed by atoms with Crippen LogP contribution in [0.5, 0.6) is 0 Å². The highest BCUT2D eigenvalue weighted by molar-refractivity contribution is 4.80. The molecule has 0 unspecified atom stereocenters. The molecule has 0 aliphatic rings. The molecule has 0 bridgehead atoms. The second-order valence-corrected chi connectivity index (χ2v) is 2.61. The van der Waals surface area contributed by atoms with Crippen molar-refractivity contribution in [1.82, 2.24) is 0 Å². The van der Waals surface area contributed by atoms with Crippen molar-refractivity contribution in [3.8, 4) is 0 Å². The van der Waals surface area contributed by atoms with Crippen LogP contribution in [0.4, 0.5) is 0 Å². The molecule has 0 spiro atoms. The van der Waals surface area contributed by atoms with Gasteiger partial charge in [-0.2, -0.15) is 0 Å². The normalized spacial score (nSPS) is 12.0. The Hall–Kier alpha value is -0.0800. The standard InChI is InChI=1S/C7H18N2/c1-3-7(9,4-2)5-6-8/h3-6,8-9H2,1-2H3. The average molecular weight is 130 g/mol. The lowest BCUT2D eigenvalue weighted by molar-refractivity contribution is 0.373. The van der Waals surface area contributed by atoms with E-state index in [0.717, 1.165) is 19.3 Å². The third-order valence-electron chi connectivity index (χ3n) is 2.05. The minimum atomic E-state index is 0.00868. The summed E-state index contributed by atoms with van der Waals surface area (Å²) in [6.45, 7) is 4.93. The van der Waals surface area contributed by atoms with Crippen molar-refractivity contribution in [2.45, 2.75) is 38.6 Å². The highest BCUT2D eigenvalue weighted by Gasteiger charge is 2.17. The Morgan fingerprint density at radius 2 is 1.67 bits per heavy atom. The molecule has 0 aromatic heterocycles. The summed E-state index contributed by atoms with van der Waals surface area (Å²) in [5, 5.41) is 0. The summed E-state index contributed by atoms with van der Waals surface area (Å²) in [5.74, 6) is 0. The molecule has 0 aromatic carbocycles. The quantitative estimate of drug-likeness (QED) is 0.593. The molecule has 0 radical (unpaired) electrons. The smallest absolute Gasteiger partial charge is 0.0161 e. The first-order valence-electron chi connectivity index (χ1n) is 3.67. The van der Waals surface area contributed by atoms with Crippen LogP contribution in [0.15, 0.2) is 0 Å². The van der Waals surface area contributed by atoms with Crippen LogP contribution in [-0.2, 0) is 0 Å². The van der Waals surface area contributed by atoms with Gasteiger partial charge in [-0.25, -0.2) is 0 Å². The van der Waals surface area contributed by atoms with E-state index in [1.54, 1.807) is 0 Å². The van der Waals surface area contributed by atoms with Gasteiger partial charge in [0.25, 0.3) is 0 Å². The van der Waals surface area contributed by atoms with Crippen LogP contribution >= 0.6 is 0 Å². The summed E-state index contributed by atoms with van der Waals surface area (Å²) < 4.78 is 0. The van der Waals surface area contributed by atoms with Gasteiger partial charge in [0.05, 0.1) is 0 Å². The minimum Gasteiger partial charge on any atom is -0.330 e. The molecule has 4 N–H and O–H groups in total. The van der Waals surface area contributed by atoms with Crippen molar-refractivity contribution in [2.24, 2.45) is 11.5 Å². The molecule has 0 saturated heterocycles. The molecule has 0 atom stereocenters. The predicted molar refractivity (Wildman–Crippen MR) is 41.2 cm³/mol. The molecule has 0 fully saturated rings. The fourth-order valence-electron chi connectivity index (χ4n) is 0.891. The summed E-state index contributed by atoms with van der Waals surface area (Å²) in [5.41, 5.74) is 11.3. The van der Waals surface area contributed by atoms with Crippen LogP contribution in [0.25, 0.3) is 0 Å². The van der Waals surface area contributed by atoms with E-state index in [0.29, 0.717) is 6.54 Å². The lowest BCUT2D eigenvalue weighted by Gasteiger charge is -2.25. The molecule has 0 amide bonds. The van der Waals surface area contributed by atoms with Crippen molar-refractivity contribution < 1.29 is 0 Å². The second-order valence-electron chi connectivity index (χ2n) is 2.61. The highest BCUT2D eigenvalue weighted by atomic mass is 14.7. The van der Waals surface area contributed by atoms with Crippen LogP contribution < -0.4 is 11.5 Å². The van der Waals surface area contributed by atoms with Crippen LogP contribution in [0.2, 0.25) is 0 Å². The lowest BCUT2D eigenvalue weighted by Crippen LogP contribution is -2.40. The molecule has 0 saturated carbocycles. The molecule has 0 aliphatic heterocycles. The molecule has 2 nitrogen and oxygen atoms in total. The van der Waals surface area contributed by atoms with E-state index < -0.39 is 0 Å². The van der Waals surface area contributed by atoms with E-state index in [1.165, 1.54) is 0 Å². The minimum absolute atomic E-state index is 0.00868. The van der Waals surface area contributed by atoms with E-state index in [2.05, 4.69) is 13.8 Å². The van der Waals surface area contributed by atoms with E-state index in [1.807, 2.05) is 0 Å². The largest absolute Gasteiger partial charge is 0.330 e. The van der Waals surface area contributed by atoms with Crippen molar-refractivity contribution in [3.63, 3.8) is 0 Å². The Kier molecular flexibility index (Phi) is 3.82. The summed E-state index contributed by atoms with van der Waals surface area (Å²) >= 11 is 0. The molecule has 0 aromatic rings. The van der Waals surface area contributed by atoms with Gasteiger partial charge in [0, 0.05) is 5.54 Å². The maximum Gasteiger partial charge on any atom is 0.0161 e. The Labute approximate surface area is 57.6 Å². The fourth-order valence-corrected chi connectivity index (χ4v) is 0.891. The van der Waals surface area contributed by atoms with Crippen molar-refractivity contribution >= 4 is 0 Å². The Morgan fingerprint density at radius 1 is 1.22 bits per heavy atom. The lowest BCUT2D eigenvalue weighted by atomic mass is 9.91. The zero-order chi connectivity index (χ0) is 7.33. The Morgan fingerprint density at radius 3 is 1.78 bits per heavy atom. The first kappa shape index (κ1) is 8.92. The van der Waals surface area contributed by atoms with Crippen LogP contribution in [0.1, 0.15) is 33.1 Å². The molecule has 0 aliphatic carbocycles. The molecule has 2 heteroatoms. The fraction of sp³-hybridized carbons (Fsp3) is 1.00. The second kappa shape index (κ2) is 3.85. The van der Waals surface area contributed by atoms with Crippen LogP contribution in [-0.4, -0.2) is 12.1 Å². The zero-order valence-corrected chi connectivity index (χ0v) is 6.48. The molecular formula is C7H18N2. The summed E-state index contributed by atoms with van der Waals surface area (Å²) in [4.78, 5) is 0. The highest BCUT2D eigenvalue weighted by Crippen LogP contribution is 2.13. The van der Waals surface area contributed by atoms with Crippen LogP contribution in [0, 0.1) is 0 Å². The van der Waals surface area contributed by atoms with Crippen molar-refractivity contribution in [2.75, 3.05) is 6.54 Å². The van der Waals surface area contributed by atoms with Gasteiger partial charge in [-0.3, -0.25) is 0 Å². The van der Waals surface area contributed by atoms with E-state index >= 15 is 0 Å². The van der Waals surface area contributed by atoms with Gasteiger partial charge in [0.15, 0.2) is 0 Å². The van der Waals surface area contributed by atoms with Gasteiger partial charge in [-0.05, 0) is 25.8 Å². The van der Waals surface area contributed by atoms with E-state index in [-0.39, 0.29) is 5.54 Å². The summed E-state index contributed by atoms with van der Waals surface area (Å²) in [7, 11) is 0. The Balaban J connectivity index is 3.62. The first-order valence-corrected chi connectivity index (χ1v) is 3.67.